The van der Waals surface area contributed by atoms with Crippen LogP contribution in [0.5, 0.6) is 0 Å². The Balaban J connectivity index is 0.00000272. The SMILES string of the molecule is CCC(=O)[C@H](NC(=O)c1cc(C2CN(C(=O)C3CC3)C2)ccc1F)C1CCCCC1.[HH]. The Hall–Kier alpha value is -2.24. The second kappa shape index (κ2) is 8.86. The van der Waals surface area contributed by atoms with Crippen molar-refractivity contribution >= 4 is 17.6 Å². The van der Waals surface area contributed by atoms with Crippen LogP contribution < -0.4 is 5.32 Å². The van der Waals surface area contributed by atoms with Gasteiger partial charge in [0.15, 0.2) is 5.78 Å². The summed E-state index contributed by atoms with van der Waals surface area (Å²) in [6.07, 6.45) is 7.47. The number of carbonyl (C=O) groups excluding carboxylic acids is 3. The van der Waals surface area contributed by atoms with Crippen molar-refractivity contribution in [3.63, 3.8) is 0 Å². The van der Waals surface area contributed by atoms with Gasteiger partial charge in [0.1, 0.15) is 5.82 Å². The molecule has 5 nitrogen and oxygen atoms in total. The molecule has 1 N–H and O–H groups in total. The van der Waals surface area contributed by atoms with Crippen molar-refractivity contribution in [3.8, 4) is 0 Å². The van der Waals surface area contributed by atoms with Crippen LogP contribution in [0.15, 0.2) is 18.2 Å². The number of likely N-dealkylation sites (tertiary alicyclic amines) is 1. The van der Waals surface area contributed by atoms with Crippen molar-refractivity contribution in [3.05, 3.63) is 35.1 Å². The number of rotatable bonds is 7. The Labute approximate surface area is 178 Å². The second-order valence-corrected chi connectivity index (χ2v) is 9.12. The minimum absolute atomic E-state index is 0. The van der Waals surface area contributed by atoms with Crippen molar-refractivity contribution in [1.82, 2.24) is 10.2 Å². The van der Waals surface area contributed by atoms with Crippen LogP contribution in [0.3, 0.4) is 0 Å². The molecule has 1 aromatic carbocycles. The highest BCUT2D eigenvalue weighted by Crippen LogP contribution is 2.36. The highest BCUT2D eigenvalue weighted by atomic mass is 19.1. The Morgan fingerprint density at radius 1 is 1.13 bits per heavy atom. The third-order valence-corrected chi connectivity index (χ3v) is 6.93. The molecule has 1 saturated heterocycles. The molecule has 30 heavy (non-hydrogen) atoms. The normalized spacial score (nSPS) is 21.1. The lowest BCUT2D eigenvalue weighted by molar-refractivity contribution is -0.137. The van der Waals surface area contributed by atoms with Crippen molar-refractivity contribution in [2.24, 2.45) is 11.8 Å². The van der Waals surface area contributed by atoms with E-state index in [0.29, 0.717) is 19.5 Å². The standard InChI is InChI=1S/C24H31FN2O3.H2/c1-2-21(28)22(15-6-4-3-5-7-15)26-23(29)19-12-17(10-11-20(19)25)18-13-27(14-18)24(30)16-8-9-16;/h10-12,15-16,18,22H,2-9,13-14H2,1H3,(H,26,29);1H/t22-;/m1./s1. The maximum atomic E-state index is 14.5. The molecular formula is C24H33FN2O3. The van der Waals surface area contributed by atoms with E-state index in [2.05, 4.69) is 5.32 Å². The molecule has 1 atom stereocenters. The van der Waals surface area contributed by atoms with E-state index < -0.39 is 17.8 Å². The maximum Gasteiger partial charge on any atom is 0.254 e. The average Bonchev–Trinajstić information content (AvgIpc) is 3.57. The lowest BCUT2D eigenvalue weighted by atomic mass is 9.81. The number of carbonyl (C=O) groups is 3. The number of amides is 2. The third kappa shape index (κ3) is 4.42. The minimum atomic E-state index is -0.576. The zero-order valence-electron chi connectivity index (χ0n) is 17.7. The predicted octanol–water partition coefficient (Wildman–Crippen LogP) is 4.07. The average molecular weight is 417 g/mol. The van der Waals surface area contributed by atoms with Crippen molar-refractivity contribution in [1.29, 1.82) is 0 Å². The molecule has 2 aliphatic carbocycles. The third-order valence-electron chi connectivity index (χ3n) is 6.93. The molecule has 0 unspecified atom stereocenters. The molecule has 2 amide bonds. The van der Waals surface area contributed by atoms with Gasteiger partial charge in [-0.25, -0.2) is 4.39 Å². The lowest BCUT2D eigenvalue weighted by Gasteiger charge is -2.40. The summed E-state index contributed by atoms with van der Waals surface area (Å²) in [7, 11) is 0. The Morgan fingerprint density at radius 3 is 2.47 bits per heavy atom. The van der Waals surface area contributed by atoms with Crippen molar-refractivity contribution in [2.75, 3.05) is 13.1 Å². The molecule has 6 heteroatoms. The number of halogens is 1. The zero-order valence-corrected chi connectivity index (χ0v) is 17.7. The first kappa shape index (κ1) is 21.0. The second-order valence-electron chi connectivity index (χ2n) is 9.12. The molecule has 164 valence electrons. The van der Waals surface area contributed by atoms with Gasteiger partial charge in [-0.3, -0.25) is 14.4 Å². The number of benzene rings is 1. The molecule has 1 aromatic rings. The van der Waals surface area contributed by atoms with E-state index in [9.17, 15) is 18.8 Å². The van der Waals surface area contributed by atoms with E-state index in [4.69, 9.17) is 0 Å². The minimum Gasteiger partial charge on any atom is -0.342 e. The maximum absolute atomic E-state index is 14.5. The quantitative estimate of drug-likeness (QED) is 0.729. The summed E-state index contributed by atoms with van der Waals surface area (Å²) in [5, 5.41) is 2.85. The zero-order chi connectivity index (χ0) is 21.3. The summed E-state index contributed by atoms with van der Waals surface area (Å²) in [5.74, 6) is -0.390. The van der Waals surface area contributed by atoms with Gasteiger partial charge in [-0.15, -0.1) is 0 Å². The monoisotopic (exact) mass is 416 g/mol. The summed E-state index contributed by atoms with van der Waals surface area (Å²) in [4.78, 5) is 39.4. The smallest absolute Gasteiger partial charge is 0.254 e. The molecule has 0 bridgehead atoms. The number of hydrogen-bond acceptors (Lipinski definition) is 3. The fourth-order valence-corrected chi connectivity index (χ4v) is 4.80. The van der Waals surface area contributed by atoms with E-state index in [-0.39, 0.29) is 36.4 Å². The largest absolute Gasteiger partial charge is 0.342 e. The molecule has 0 aromatic heterocycles. The molecule has 0 radical (unpaired) electrons. The predicted molar refractivity (Wildman–Crippen MR) is 114 cm³/mol. The van der Waals surface area contributed by atoms with E-state index in [1.165, 1.54) is 6.07 Å². The number of hydrogen-bond donors (Lipinski definition) is 1. The van der Waals surface area contributed by atoms with Crippen molar-refractivity contribution < 1.29 is 20.2 Å². The van der Waals surface area contributed by atoms with Crippen LogP contribution in [0, 0.1) is 17.7 Å². The highest BCUT2D eigenvalue weighted by Gasteiger charge is 2.40. The van der Waals surface area contributed by atoms with Crippen LogP contribution >= 0.6 is 0 Å². The van der Waals surface area contributed by atoms with Crippen LogP contribution in [0.4, 0.5) is 4.39 Å². The summed E-state index contributed by atoms with van der Waals surface area (Å²) >= 11 is 0. The first-order chi connectivity index (χ1) is 14.5. The lowest BCUT2D eigenvalue weighted by Crippen LogP contribution is -2.49. The van der Waals surface area contributed by atoms with Gasteiger partial charge in [-0.05, 0) is 49.3 Å². The highest BCUT2D eigenvalue weighted by molar-refractivity contribution is 5.98. The van der Waals surface area contributed by atoms with Gasteiger partial charge >= 0.3 is 0 Å². The first-order valence-corrected chi connectivity index (χ1v) is 11.4. The summed E-state index contributed by atoms with van der Waals surface area (Å²) in [6.45, 7) is 3.05. The molecule has 0 spiro atoms. The number of nitrogens with zero attached hydrogens (tertiary/aromatic N) is 1. The molecule has 3 fully saturated rings. The molecule has 1 aliphatic heterocycles. The summed E-state index contributed by atoms with van der Waals surface area (Å²) in [5.41, 5.74) is 0.863. The molecule has 1 heterocycles. The van der Waals surface area contributed by atoms with E-state index in [1.54, 1.807) is 19.1 Å². The van der Waals surface area contributed by atoms with Gasteiger partial charge in [-0.1, -0.05) is 32.3 Å². The van der Waals surface area contributed by atoms with Gasteiger partial charge < -0.3 is 10.2 Å². The van der Waals surface area contributed by atoms with Crippen LogP contribution in [-0.2, 0) is 9.59 Å². The number of Topliss-reactive ketones (excluding diaryl/α,β-unsaturated/α-hetero) is 1. The Bertz CT molecular complexity index is 830. The van der Waals surface area contributed by atoms with E-state index in [1.807, 2.05) is 4.90 Å². The Morgan fingerprint density at radius 2 is 1.83 bits per heavy atom. The van der Waals surface area contributed by atoms with Crippen LogP contribution in [-0.4, -0.2) is 41.6 Å². The van der Waals surface area contributed by atoms with Gasteiger partial charge in [-0.2, -0.15) is 0 Å². The van der Waals surface area contributed by atoms with E-state index >= 15 is 0 Å². The van der Waals surface area contributed by atoms with Gasteiger partial charge in [0, 0.05) is 32.8 Å². The van der Waals surface area contributed by atoms with Gasteiger partial charge in [0.05, 0.1) is 11.6 Å². The number of ketones is 1. The molecule has 3 aliphatic rings. The van der Waals surface area contributed by atoms with Crippen LogP contribution in [0.2, 0.25) is 0 Å². The van der Waals surface area contributed by atoms with E-state index in [0.717, 1.165) is 50.5 Å². The fraction of sp³-hybridized carbons (Fsp3) is 0.625. The summed E-state index contributed by atoms with van der Waals surface area (Å²) in [6, 6.07) is 4.09. The van der Waals surface area contributed by atoms with Crippen molar-refractivity contribution in [2.45, 2.75) is 70.3 Å². The number of nitrogens with one attached hydrogen (secondary N) is 1. The topological polar surface area (TPSA) is 66.5 Å². The molecule has 2 saturated carbocycles. The molecular weight excluding hydrogens is 383 g/mol. The van der Waals surface area contributed by atoms with Crippen LogP contribution in [0.1, 0.15) is 81.6 Å². The van der Waals surface area contributed by atoms with Gasteiger partial charge in [0.25, 0.3) is 5.91 Å². The Kier molecular flexibility index (Phi) is 6.21. The van der Waals surface area contributed by atoms with Gasteiger partial charge in [0.2, 0.25) is 5.91 Å². The summed E-state index contributed by atoms with van der Waals surface area (Å²) < 4.78 is 14.5. The first-order valence-electron chi connectivity index (χ1n) is 11.4. The fourth-order valence-electron chi connectivity index (χ4n) is 4.80. The van der Waals surface area contributed by atoms with Crippen LogP contribution in [0.25, 0.3) is 0 Å². The molecule has 4 rings (SSSR count).